The van der Waals surface area contributed by atoms with Crippen molar-refractivity contribution in [2.45, 2.75) is 19.6 Å². The highest BCUT2D eigenvalue weighted by Gasteiger charge is 1.99. The molecule has 0 aliphatic rings. The molecule has 0 aliphatic carbocycles. The molecule has 3 heteroatoms. The molecule has 3 nitrogen and oxygen atoms in total. The lowest BCUT2D eigenvalue weighted by Gasteiger charge is -2.06. The minimum Gasteiger partial charge on any atom is -0.372 e. The number of H-pyrrole nitrogens is 1. The zero-order chi connectivity index (χ0) is 14.3. The van der Waals surface area contributed by atoms with Crippen LogP contribution in [0.15, 0.2) is 67.1 Å². The van der Waals surface area contributed by atoms with Crippen molar-refractivity contribution in [3.63, 3.8) is 0 Å². The minimum absolute atomic E-state index is 0.638. The lowest BCUT2D eigenvalue weighted by molar-refractivity contribution is 0.107. The van der Waals surface area contributed by atoms with Crippen molar-refractivity contribution in [3.8, 4) is 0 Å². The number of benzene rings is 2. The maximum absolute atomic E-state index is 5.74. The highest BCUT2D eigenvalue weighted by atomic mass is 16.5. The molecule has 0 unspecified atom stereocenters. The van der Waals surface area contributed by atoms with E-state index in [1.165, 1.54) is 16.7 Å². The van der Waals surface area contributed by atoms with Crippen LogP contribution in [0.25, 0.3) is 0 Å². The molecule has 0 spiro atoms. The third-order valence-corrected chi connectivity index (χ3v) is 3.35. The van der Waals surface area contributed by atoms with Crippen molar-refractivity contribution >= 4 is 0 Å². The molecule has 0 amide bonds. The second-order valence-corrected chi connectivity index (χ2v) is 5.05. The normalized spacial score (nSPS) is 10.7. The van der Waals surface area contributed by atoms with Gasteiger partial charge in [0.15, 0.2) is 0 Å². The number of nitrogens with zero attached hydrogens (tertiary/aromatic N) is 1. The van der Waals surface area contributed by atoms with Gasteiger partial charge in [-0.1, -0.05) is 54.6 Å². The third kappa shape index (κ3) is 4.04. The molecule has 0 bridgehead atoms. The van der Waals surface area contributed by atoms with Crippen molar-refractivity contribution in [2.75, 3.05) is 0 Å². The van der Waals surface area contributed by atoms with Crippen LogP contribution in [-0.4, -0.2) is 9.97 Å². The van der Waals surface area contributed by atoms with Crippen LogP contribution in [0.2, 0.25) is 0 Å². The molecule has 1 N–H and O–H groups in total. The van der Waals surface area contributed by atoms with E-state index in [4.69, 9.17) is 4.74 Å². The predicted octanol–water partition coefficient (Wildman–Crippen LogP) is 3.72. The number of ether oxygens (including phenoxy) is 1. The molecular formula is C18H18N2O. The van der Waals surface area contributed by atoms with Crippen molar-refractivity contribution < 1.29 is 4.74 Å². The summed E-state index contributed by atoms with van der Waals surface area (Å²) in [7, 11) is 0. The topological polar surface area (TPSA) is 37.9 Å². The number of imidazole rings is 1. The SMILES string of the molecule is c1ccc(COCc2ccc(Cc3cnc[nH]3)cc2)cc1. The van der Waals surface area contributed by atoms with Gasteiger partial charge in [-0.3, -0.25) is 0 Å². The third-order valence-electron chi connectivity index (χ3n) is 3.35. The van der Waals surface area contributed by atoms with E-state index in [9.17, 15) is 0 Å². The predicted molar refractivity (Wildman–Crippen MR) is 82.8 cm³/mol. The molecule has 0 radical (unpaired) electrons. The Morgan fingerprint density at radius 2 is 1.48 bits per heavy atom. The first-order valence-corrected chi connectivity index (χ1v) is 7.07. The van der Waals surface area contributed by atoms with E-state index in [1.54, 1.807) is 6.33 Å². The molecule has 0 aliphatic heterocycles. The molecule has 0 fully saturated rings. The van der Waals surface area contributed by atoms with Crippen molar-refractivity contribution in [3.05, 3.63) is 89.5 Å². The first-order chi connectivity index (χ1) is 10.4. The van der Waals surface area contributed by atoms with Crippen LogP contribution in [0.4, 0.5) is 0 Å². The lowest BCUT2D eigenvalue weighted by Crippen LogP contribution is -1.95. The summed E-state index contributed by atoms with van der Waals surface area (Å²) in [6.45, 7) is 1.29. The quantitative estimate of drug-likeness (QED) is 0.746. The lowest BCUT2D eigenvalue weighted by atomic mass is 10.1. The summed E-state index contributed by atoms with van der Waals surface area (Å²) in [6, 6.07) is 18.8. The van der Waals surface area contributed by atoms with Gasteiger partial charge in [0.25, 0.3) is 0 Å². The molecule has 3 rings (SSSR count). The van der Waals surface area contributed by atoms with Gasteiger partial charge >= 0.3 is 0 Å². The van der Waals surface area contributed by atoms with Gasteiger partial charge in [0.1, 0.15) is 0 Å². The Balaban J connectivity index is 1.50. The van der Waals surface area contributed by atoms with Gasteiger partial charge in [0.2, 0.25) is 0 Å². The van der Waals surface area contributed by atoms with Gasteiger partial charge in [-0.2, -0.15) is 0 Å². The van der Waals surface area contributed by atoms with Crippen LogP contribution >= 0.6 is 0 Å². The molecule has 0 saturated heterocycles. The van der Waals surface area contributed by atoms with Gasteiger partial charge in [-0.25, -0.2) is 4.98 Å². The van der Waals surface area contributed by atoms with Crippen LogP contribution in [-0.2, 0) is 24.4 Å². The molecule has 106 valence electrons. The maximum atomic E-state index is 5.74. The average molecular weight is 278 g/mol. The number of aromatic amines is 1. The second kappa shape index (κ2) is 6.86. The van der Waals surface area contributed by atoms with Crippen LogP contribution < -0.4 is 0 Å². The Morgan fingerprint density at radius 3 is 2.14 bits per heavy atom. The smallest absolute Gasteiger partial charge is 0.0921 e. The number of nitrogens with one attached hydrogen (secondary N) is 1. The standard InChI is InChI=1S/C18H18N2O/c1-2-4-16(5-3-1)12-21-13-17-8-6-15(7-9-17)10-18-11-19-14-20-18/h1-9,11,14H,10,12-13H2,(H,19,20). The Hall–Kier alpha value is -2.39. The molecule has 0 saturated carbocycles. The molecule has 21 heavy (non-hydrogen) atoms. The average Bonchev–Trinajstić information content (AvgIpc) is 3.03. The summed E-state index contributed by atoms with van der Waals surface area (Å²) < 4.78 is 5.74. The monoisotopic (exact) mass is 278 g/mol. The first kappa shape index (κ1) is 13.6. The fourth-order valence-electron chi connectivity index (χ4n) is 2.22. The van der Waals surface area contributed by atoms with E-state index in [0.29, 0.717) is 13.2 Å². The summed E-state index contributed by atoms with van der Waals surface area (Å²) >= 11 is 0. The fourth-order valence-corrected chi connectivity index (χ4v) is 2.22. The molecule has 0 atom stereocenters. The number of hydrogen-bond acceptors (Lipinski definition) is 2. The van der Waals surface area contributed by atoms with E-state index < -0.39 is 0 Å². The summed E-state index contributed by atoms with van der Waals surface area (Å²) in [6.07, 6.45) is 4.45. The van der Waals surface area contributed by atoms with Crippen LogP contribution in [0.5, 0.6) is 0 Å². The van der Waals surface area contributed by atoms with Gasteiger partial charge in [-0.05, 0) is 16.7 Å². The molecular weight excluding hydrogens is 260 g/mol. The zero-order valence-corrected chi connectivity index (χ0v) is 11.8. The van der Waals surface area contributed by atoms with Gasteiger partial charge in [0, 0.05) is 18.3 Å². The number of hydrogen-bond donors (Lipinski definition) is 1. The van der Waals surface area contributed by atoms with Crippen molar-refractivity contribution in [2.24, 2.45) is 0 Å². The Bertz CT molecular complexity index is 645. The highest BCUT2D eigenvalue weighted by Crippen LogP contribution is 2.10. The largest absolute Gasteiger partial charge is 0.372 e. The molecule has 1 heterocycles. The van der Waals surface area contributed by atoms with E-state index in [1.807, 2.05) is 24.4 Å². The van der Waals surface area contributed by atoms with E-state index >= 15 is 0 Å². The van der Waals surface area contributed by atoms with E-state index in [0.717, 1.165) is 12.1 Å². The van der Waals surface area contributed by atoms with Crippen LogP contribution in [0.1, 0.15) is 22.4 Å². The second-order valence-electron chi connectivity index (χ2n) is 5.05. The summed E-state index contributed by atoms with van der Waals surface area (Å²) in [5.41, 5.74) is 4.79. The summed E-state index contributed by atoms with van der Waals surface area (Å²) in [5, 5.41) is 0. The van der Waals surface area contributed by atoms with Crippen LogP contribution in [0.3, 0.4) is 0 Å². The molecule has 3 aromatic rings. The van der Waals surface area contributed by atoms with Crippen molar-refractivity contribution in [1.29, 1.82) is 0 Å². The van der Waals surface area contributed by atoms with Gasteiger partial charge in [0.05, 0.1) is 19.5 Å². The Labute approximate surface area is 124 Å². The Kier molecular flexibility index (Phi) is 4.44. The van der Waals surface area contributed by atoms with E-state index in [-0.39, 0.29) is 0 Å². The number of rotatable bonds is 6. The summed E-state index contributed by atoms with van der Waals surface area (Å²) in [5.74, 6) is 0. The minimum atomic E-state index is 0.638. The fraction of sp³-hybridized carbons (Fsp3) is 0.167. The molecule has 1 aromatic heterocycles. The zero-order valence-electron chi connectivity index (χ0n) is 11.8. The summed E-state index contributed by atoms with van der Waals surface area (Å²) in [4.78, 5) is 7.15. The first-order valence-electron chi connectivity index (χ1n) is 7.07. The van der Waals surface area contributed by atoms with Gasteiger partial charge < -0.3 is 9.72 Å². The maximum Gasteiger partial charge on any atom is 0.0921 e. The van der Waals surface area contributed by atoms with Crippen molar-refractivity contribution in [1.82, 2.24) is 9.97 Å². The van der Waals surface area contributed by atoms with Crippen LogP contribution in [0, 0.1) is 0 Å². The highest BCUT2D eigenvalue weighted by molar-refractivity contribution is 5.25. The Morgan fingerprint density at radius 1 is 0.810 bits per heavy atom. The number of aromatic nitrogens is 2. The van der Waals surface area contributed by atoms with Gasteiger partial charge in [-0.15, -0.1) is 0 Å². The molecule has 2 aromatic carbocycles. The van der Waals surface area contributed by atoms with E-state index in [2.05, 4.69) is 46.4 Å².